The van der Waals surface area contributed by atoms with Crippen LogP contribution in [0.1, 0.15) is 19.4 Å². The zero-order valence-corrected chi connectivity index (χ0v) is 11.4. The van der Waals surface area contributed by atoms with Gasteiger partial charge in [0, 0.05) is 39.5 Å². The maximum absolute atomic E-state index is 5.46. The van der Waals surface area contributed by atoms with Crippen LogP contribution in [0.4, 0.5) is 5.69 Å². The number of nitrogens with zero attached hydrogens (tertiary/aromatic N) is 1. The van der Waals surface area contributed by atoms with Crippen molar-refractivity contribution in [3.63, 3.8) is 0 Å². The van der Waals surface area contributed by atoms with Gasteiger partial charge in [-0.2, -0.15) is 0 Å². The minimum absolute atomic E-state index is 0.279. The lowest BCUT2D eigenvalue weighted by atomic mass is 10.2. The number of hydrogen-bond donors (Lipinski definition) is 1. The van der Waals surface area contributed by atoms with Gasteiger partial charge < -0.3 is 15.0 Å². The van der Waals surface area contributed by atoms with Crippen LogP contribution in [0.3, 0.4) is 0 Å². The van der Waals surface area contributed by atoms with Crippen molar-refractivity contribution in [3.8, 4) is 0 Å². The largest absolute Gasteiger partial charge is 0.378 e. The molecule has 1 aromatic carbocycles. The van der Waals surface area contributed by atoms with E-state index < -0.39 is 0 Å². The van der Waals surface area contributed by atoms with Gasteiger partial charge in [-0.3, -0.25) is 0 Å². The summed E-state index contributed by atoms with van der Waals surface area (Å²) < 4.78 is 5.46. The smallest absolute Gasteiger partial charge is 0.0671 e. The third kappa shape index (κ3) is 5.20. The summed E-state index contributed by atoms with van der Waals surface area (Å²) in [5.74, 6) is 0. The Morgan fingerprint density at radius 2 is 1.88 bits per heavy atom. The second-order valence-electron chi connectivity index (χ2n) is 4.46. The Kier molecular flexibility index (Phi) is 6.01. The lowest BCUT2D eigenvalue weighted by Crippen LogP contribution is -2.26. The maximum Gasteiger partial charge on any atom is 0.0671 e. The van der Waals surface area contributed by atoms with Crippen LogP contribution < -0.4 is 10.2 Å². The minimum Gasteiger partial charge on any atom is -0.378 e. The van der Waals surface area contributed by atoms with E-state index >= 15 is 0 Å². The van der Waals surface area contributed by atoms with Crippen molar-refractivity contribution in [3.05, 3.63) is 29.8 Å². The maximum atomic E-state index is 5.46. The van der Waals surface area contributed by atoms with Gasteiger partial charge in [0.25, 0.3) is 0 Å². The molecule has 0 aliphatic carbocycles. The molecule has 3 nitrogen and oxygen atoms in total. The van der Waals surface area contributed by atoms with Crippen LogP contribution in [0, 0.1) is 0 Å². The van der Waals surface area contributed by atoms with Crippen molar-refractivity contribution in [1.82, 2.24) is 5.32 Å². The van der Waals surface area contributed by atoms with Gasteiger partial charge >= 0.3 is 0 Å². The number of ether oxygens (including phenoxy) is 1. The van der Waals surface area contributed by atoms with Gasteiger partial charge in [0.15, 0.2) is 0 Å². The molecule has 0 amide bonds. The van der Waals surface area contributed by atoms with E-state index in [1.54, 1.807) is 0 Å². The molecule has 1 unspecified atom stereocenters. The first-order chi connectivity index (χ1) is 8.13. The Balaban J connectivity index is 2.32. The van der Waals surface area contributed by atoms with E-state index in [9.17, 15) is 0 Å². The van der Waals surface area contributed by atoms with Gasteiger partial charge in [-0.1, -0.05) is 12.1 Å². The van der Waals surface area contributed by atoms with Gasteiger partial charge in [-0.15, -0.1) is 0 Å². The molecule has 0 saturated heterocycles. The number of benzene rings is 1. The summed E-state index contributed by atoms with van der Waals surface area (Å²) in [7, 11) is 4.11. The Hall–Kier alpha value is -1.06. The molecule has 1 atom stereocenters. The number of hydrogen-bond acceptors (Lipinski definition) is 3. The summed E-state index contributed by atoms with van der Waals surface area (Å²) in [6.07, 6.45) is 0.279. The molecular formula is C14H24N2O. The van der Waals surface area contributed by atoms with E-state index in [2.05, 4.69) is 55.5 Å². The van der Waals surface area contributed by atoms with Crippen molar-refractivity contribution >= 4 is 5.69 Å². The summed E-state index contributed by atoms with van der Waals surface area (Å²) in [6, 6.07) is 8.60. The quantitative estimate of drug-likeness (QED) is 0.786. The van der Waals surface area contributed by atoms with E-state index in [-0.39, 0.29) is 6.10 Å². The Labute approximate surface area is 105 Å². The predicted molar refractivity (Wildman–Crippen MR) is 73.6 cm³/mol. The first-order valence-electron chi connectivity index (χ1n) is 6.22. The highest BCUT2D eigenvalue weighted by atomic mass is 16.5. The Morgan fingerprint density at radius 1 is 1.24 bits per heavy atom. The van der Waals surface area contributed by atoms with Crippen LogP contribution in [-0.4, -0.2) is 33.4 Å². The van der Waals surface area contributed by atoms with Crippen molar-refractivity contribution in [2.24, 2.45) is 0 Å². The molecule has 0 heterocycles. The summed E-state index contributed by atoms with van der Waals surface area (Å²) >= 11 is 0. The van der Waals surface area contributed by atoms with Crippen molar-refractivity contribution in [2.45, 2.75) is 26.5 Å². The molecule has 0 spiro atoms. The molecule has 17 heavy (non-hydrogen) atoms. The van der Waals surface area contributed by atoms with E-state index in [0.717, 1.165) is 19.7 Å². The summed E-state index contributed by atoms with van der Waals surface area (Å²) in [5.41, 5.74) is 2.54. The predicted octanol–water partition coefficient (Wildman–Crippen LogP) is 2.27. The second kappa shape index (κ2) is 7.30. The van der Waals surface area contributed by atoms with Crippen molar-refractivity contribution < 1.29 is 4.74 Å². The molecule has 0 aromatic heterocycles. The third-order valence-corrected chi connectivity index (χ3v) is 2.66. The normalized spacial score (nSPS) is 12.5. The van der Waals surface area contributed by atoms with Crippen LogP contribution in [0.5, 0.6) is 0 Å². The molecule has 96 valence electrons. The minimum atomic E-state index is 0.279. The zero-order valence-electron chi connectivity index (χ0n) is 11.4. The van der Waals surface area contributed by atoms with E-state index in [1.807, 2.05) is 6.92 Å². The second-order valence-corrected chi connectivity index (χ2v) is 4.46. The Morgan fingerprint density at radius 3 is 2.41 bits per heavy atom. The fourth-order valence-electron chi connectivity index (χ4n) is 1.68. The standard InChI is InChI=1S/C14H24N2O/c1-5-17-12(2)10-15-11-13-6-8-14(9-7-13)16(3)4/h6-9,12,15H,5,10-11H2,1-4H3. The van der Waals surface area contributed by atoms with E-state index in [1.165, 1.54) is 11.3 Å². The highest BCUT2D eigenvalue weighted by Gasteiger charge is 2.00. The summed E-state index contributed by atoms with van der Waals surface area (Å²) in [5, 5.41) is 3.40. The van der Waals surface area contributed by atoms with Crippen LogP contribution in [0.15, 0.2) is 24.3 Å². The number of rotatable bonds is 7. The molecule has 0 aliphatic heterocycles. The van der Waals surface area contributed by atoms with Crippen LogP contribution in [0.25, 0.3) is 0 Å². The van der Waals surface area contributed by atoms with Gasteiger partial charge in [0.2, 0.25) is 0 Å². The van der Waals surface area contributed by atoms with E-state index in [0.29, 0.717) is 0 Å². The highest BCUT2D eigenvalue weighted by Crippen LogP contribution is 2.11. The zero-order chi connectivity index (χ0) is 12.7. The molecular weight excluding hydrogens is 212 g/mol. The summed E-state index contributed by atoms with van der Waals surface area (Å²) in [6.45, 7) is 6.68. The van der Waals surface area contributed by atoms with Gasteiger partial charge in [0.05, 0.1) is 6.10 Å². The van der Waals surface area contributed by atoms with Crippen LogP contribution in [0.2, 0.25) is 0 Å². The molecule has 0 fully saturated rings. The molecule has 0 saturated carbocycles. The van der Waals surface area contributed by atoms with Crippen molar-refractivity contribution in [2.75, 3.05) is 32.1 Å². The molecule has 1 rings (SSSR count). The average molecular weight is 236 g/mol. The van der Waals surface area contributed by atoms with Crippen LogP contribution >= 0.6 is 0 Å². The number of nitrogens with one attached hydrogen (secondary N) is 1. The lowest BCUT2D eigenvalue weighted by molar-refractivity contribution is 0.0759. The monoisotopic (exact) mass is 236 g/mol. The van der Waals surface area contributed by atoms with Crippen molar-refractivity contribution in [1.29, 1.82) is 0 Å². The van der Waals surface area contributed by atoms with Gasteiger partial charge in [-0.25, -0.2) is 0 Å². The fourth-order valence-corrected chi connectivity index (χ4v) is 1.68. The first-order valence-corrected chi connectivity index (χ1v) is 6.22. The highest BCUT2D eigenvalue weighted by molar-refractivity contribution is 5.45. The SMILES string of the molecule is CCOC(C)CNCc1ccc(N(C)C)cc1. The van der Waals surface area contributed by atoms with E-state index in [4.69, 9.17) is 4.74 Å². The van der Waals surface area contributed by atoms with Crippen LogP contribution in [-0.2, 0) is 11.3 Å². The number of anilines is 1. The topological polar surface area (TPSA) is 24.5 Å². The lowest BCUT2D eigenvalue weighted by Gasteiger charge is -2.14. The molecule has 3 heteroatoms. The molecule has 0 bridgehead atoms. The Bertz CT molecular complexity index is 309. The molecule has 1 aromatic rings. The molecule has 0 aliphatic rings. The fraction of sp³-hybridized carbons (Fsp3) is 0.571. The average Bonchev–Trinajstić information content (AvgIpc) is 2.30. The van der Waals surface area contributed by atoms with Gasteiger partial charge in [-0.05, 0) is 31.5 Å². The molecule has 0 radical (unpaired) electrons. The van der Waals surface area contributed by atoms with Gasteiger partial charge in [0.1, 0.15) is 0 Å². The molecule has 1 N–H and O–H groups in total. The third-order valence-electron chi connectivity index (χ3n) is 2.66. The summed E-state index contributed by atoms with van der Waals surface area (Å²) in [4.78, 5) is 2.11. The first kappa shape index (κ1) is 14.0.